The third-order valence-electron chi connectivity index (χ3n) is 6.85. The van der Waals surface area contributed by atoms with E-state index in [1.54, 1.807) is 24.1 Å². The highest BCUT2D eigenvalue weighted by molar-refractivity contribution is 5.93. The highest BCUT2D eigenvalue weighted by Crippen LogP contribution is 2.40. The lowest BCUT2D eigenvalue weighted by molar-refractivity contribution is 0.0532. The third kappa shape index (κ3) is 6.03. The summed E-state index contributed by atoms with van der Waals surface area (Å²) in [5.41, 5.74) is 3.90. The molecule has 2 aliphatic rings. The molecule has 2 N–H and O–H groups in total. The van der Waals surface area contributed by atoms with Gasteiger partial charge in [0.05, 0.1) is 13.7 Å². The maximum absolute atomic E-state index is 12.9. The van der Waals surface area contributed by atoms with Gasteiger partial charge in [-0.25, -0.2) is 0 Å². The zero-order chi connectivity index (χ0) is 25.8. The summed E-state index contributed by atoms with van der Waals surface area (Å²) >= 11 is 0. The molecule has 3 aromatic rings. The molecule has 0 radical (unpaired) electrons. The first-order chi connectivity index (χ1) is 18.0. The number of aliphatic hydroxyl groups is 2. The number of hydrogen-bond acceptors (Lipinski definition) is 7. The van der Waals surface area contributed by atoms with Crippen molar-refractivity contribution in [3.8, 4) is 17.2 Å². The summed E-state index contributed by atoms with van der Waals surface area (Å²) in [5, 5.41) is 18.4. The zero-order valence-corrected chi connectivity index (χ0v) is 20.9. The van der Waals surface area contributed by atoms with Gasteiger partial charge < -0.3 is 29.3 Å². The number of ether oxygens (including phenoxy) is 3. The van der Waals surface area contributed by atoms with Gasteiger partial charge in [0.25, 0.3) is 5.91 Å². The summed E-state index contributed by atoms with van der Waals surface area (Å²) in [6.45, 7) is 1.17. The summed E-state index contributed by atoms with van der Waals surface area (Å²) in [4.78, 5) is 18.8. The van der Waals surface area contributed by atoms with Gasteiger partial charge in [-0.05, 0) is 53.6 Å². The van der Waals surface area contributed by atoms with Crippen molar-refractivity contribution in [3.05, 3.63) is 83.2 Å². The van der Waals surface area contributed by atoms with E-state index < -0.39 is 12.7 Å². The quantitative estimate of drug-likeness (QED) is 0.412. The van der Waals surface area contributed by atoms with E-state index in [1.165, 1.54) is 24.6 Å². The smallest absolute Gasteiger partial charge is 0.272 e. The summed E-state index contributed by atoms with van der Waals surface area (Å²) in [5.74, 6) is 2.55. The second-order valence-electron chi connectivity index (χ2n) is 9.65. The molecule has 1 amide bonds. The van der Waals surface area contributed by atoms with Crippen LogP contribution in [0, 0.1) is 0 Å². The molecule has 2 aromatic carbocycles. The highest BCUT2D eigenvalue weighted by Gasteiger charge is 2.33. The van der Waals surface area contributed by atoms with Gasteiger partial charge in [0, 0.05) is 31.3 Å². The lowest BCUT2D eigenvalue weighted by Crippen LogP contribution is -2.48. The molecule has 0 spiro atoms. The Hall–Kier alpha value is -3.62. The molecule has 1 aliphatic carbocycles. The molecular weight excluding hydrogens is 472 g/mol. The Bertz CT molecular complexity index is 1220. The molecule has 194 valence electrons. The van der Waals surface area contributed by atoms with Gasteiger partial charge in [0.2, 0.25) is 0 Å². The van der Waals surface area contributed by atoms with Crippen LogP contribution in [0.5, 0.6) is 17.2 Å². The van der Waals surface area contributed by atoms with Crippen LogP contribution in [0.2, 0.25) is 0 Å². The second-order valence-corrected chi connectivity index (χ2v) is 9.65. The Labute approximate surface area is 216 Å². The normalized spacial score (nSPS) is 16.1. The van der Waals surface area contributed by atoms with Crippen LogP contribution in [0.15, 0.2) is 60.8 Å². The topological polar surface area (TPSA) is 101 Å². The minimum atomic E-state index is -0.976. The van der Waals surface area contributed by atoms with Crippen LogP contribution in [-0.2, 0) is 6.61 Å². The molecule has 1 saturated heterocycles. The predicted molar refractivity (Wildman–Crippen MR) is 137 cm³/mol. The van der Waals surface area contributed by atoms with E-state index in [0.29, 0.717) is 36.9 Å². The first-order valence-electron chi connectivity index (χ1n) is 12.6. The van der Waals surface area contributed by atoms with Crippen molar-refractivity contribution in [3.63, 3.8) is 0 Å². The number of carbonyl (C=O) groups is 1. The fraction of sp³-hybridized carbons (Fsp3) is 0.379. The fourth-order valence-electron chi connectivity index (χ4n) is 4.40. The summed E-state index contributed by atoms with van der Waals surface area (Å²) < 4.78 is 17.1. The minimum Gasteiger partial charge on any atom is -0.493 e. The van der Waals surface area contributed by atoms with Crippen LogP contribution in [0.3, 0.4) is 0 Å². The highest BCUT2D eigenvalue weighted by atomic mass is 16.5. The number of rotatable bonds is 11. The van der Waals surface area contributed by atoms with Crippen LogP contribution in [0.25, 0.3) is 0 Å². The SMILES string of the molecule is COc1cc(C2CN(C(=O)c3cc(OCC(O)CO)ccn3)C2)ccc1OCc1ccc(C2CC2)cc1. The van der Waals surface area contributed by atoms with Crippen LogP contribution in [-0.4, -0.2) is 65.5 Å². The van der Waals surface area contributed by atoms with Gasteiger partial charge in [-0.1, -0.05) is 30.3 Å². The van der Waals surface area contributed by atoms with Crippen molar-refractivity contribution in [1.29, 1.82) is 0 Å². The van der Waals surface area contributed by atoms with E-state index in [0.717, 1.165) is 17.0 Å². The van der Waals surface area contributed by atoms with Crippen molar-refractivity contribution in [1.82, 2.24) is 9.88 Å². The Morgan fingerprint density at radius 2 is 1.76 bits per heavy atom. The van der Waals surface area contributed by atoms with Crippen molar-refractivity contribution < 1.29 is 29.2 Å². The van der Waals surface area contributed by atoms with E-state index in [2.05, 4.69) is 29.2 Å². The van der Waals surface area contributed by atoms with Gasteiger partial charge in [-0.15, -0.1) is 0 Å². The van der Waals surface area contributed by atoms with E-state index in [1.807, 2.05) is 18.2 Å². The molecule has 0 bridgehead atoms. The molecule has 2 fully saturated rings. The van der Waals surface area contributed by atoms with Gasteiger partial charge in [-0.2, -0.15) is 0 Å². The predicted octanol–water partition coefficient (Wildman–Crippen LogP) is 3.52. The number of hydrogen-bond donors (Lipinski definition) is 2. The maximum Gasteiger partial charge on any atom is 0.272 e. The van der Waals surface area contributed by atoms with Gasteiger partial charge in [0.15, 0.2) is 11.5 Å². The van der Waals surface area contributed by atoms with E-state index in [-0.39, 0.29) is 24.1 Å². The lowest BCUT2D eigenvalue weighted by Gasteiger charge is -2.39. The molecule has 1 aromatic heterocycles. The number of likely N-dealkylation sites (tertiary alicyclic amines) is 1. The van der Waals surface area contributed by atoms with Crippen molar-refractivity contribution in [2.45, 2.75) is 37.4 Å². The summed E-state index contributed by atoms with van der Waals surface area (Å²) in [6.07, 6.45) is 3.11. The molecule has 1 atom stereocenters. The second kappa shape index (κ2) is 11.2. The number of pyridine rings is 1. The molecule has 1 unspecified atom stereocenters. The molecule has 2 heterocycles. The molecule has 8 heteroatoms. The van der Waals surface area contributed by atoms with E-state index in [4.69, 9.17) is 19.3 Å². The molecule has 1 aliphatic heterocycles. The fourth-order valence-corrected chi connectivity index (χ4v) is 4.40. The molecule has 37 heavy (non-hydrogen) atoms. The average molecular weight is 505 g/mol. The van der Waals surface area contributed by atoms with Crippen molar-refractivity contribution in [2.24, 2.45) is 0 Å². The van der Waals surface area contributed by atoms with Crippen LogP contribution in [0.4, 0.5) is 0 Å². The Morgan fingerprint density at radius 3 is 2.46 bits per heavy atom. The largest absolute Gasteiger partial charge is 0.493 e. The minimum absolute atomic E-state index is 0.0613. The average Bonchev–Trinajstić information content (AvgIpc) is 3.76. The Morgan fingerprint density at radius 1 is 1.00 bits per heavy atom. The van der Waals surface area contributed by atoms with Crippen LogP contribution >= 0.6 is 0 Å². The number of amides is 1. The van der Waals surface area contributed by atoms with Gasteiger partial charge in [-0.3, -0.25) is 9.78 Å². The first-order valence-corrected chi connectivity index (χ1v) is 12.6. The van der Waals surface area contributed by atoms with E-state index in [9.17, 15) is 9.90 Å². The zero-order valence-electron chi connectivity index (χ0n) is 20.9. The lowest BCUT2D eigenvalue weighted by atomic mass is 9.91. The first kappa shape index (κ1) is 25.0. The Balaban J connectivity index is 1.15. The Kier molecular flexibility index (Phi) is 7.58. The van der Waals surface area contributed by atoms with Gasteiger partial charge >= 0.3 is 0 Å². The van der Waals surface area contributed by atoms with E-state index >= 15 is 0 Å². The molecule has 5 rings (SSSR count). The number of aliphatic hydroxyl groups excluding tert-OH is 2. The van der Waals surface area contributed by atoms with Gasteiger partial charge in [0.1, 0.15) is 30.8 Å². The number of carbonyl (C=O) groups excluding carboxylic acids is 1. The number of methoxy groups -OCH3 is 1. The van der Waals surface area contributed by atoms with Crippen LogP contribution in [0.1, 0.15) is 51.9 Å². The number of nitrogens with zero attached hydrogens (tertiary/aromatic N) is 2. The molecule has 8 nitrogen and oxygen atoms in total. The van der Waals surface area contributed by atoms with Crippen molar-refractivity contribution in [2.75, 3.05) is 33.4 Å². The third-order valence-corrected chi connectivity index (χ3v) is 6.85. The number of benzene rings is 2. The number of aromatic nitrogens is 1. The molecule has 1 saturated carbocycles. The summed E-state index contributed by atoms with van der Waals surface area (Å²) in [7, 11) is 1.63. The maximum atomic E-state index is 12.9. The summed E-state index contributed by atoms with van der Waals surface area (Å²) in [6, 6.07) is 17.7. The van der Waals surface area contributed by atoms with Crippen molar-refractivity contribution >= 4 is 5.91 Å². The monoisotopic (exact) mass is 504 g/mol. The molecular formula is C29H32N2O6. The van der Waals surface area contributed by atoms with Crippen LogP contribution < -0.4 is 14.2 Å². The standard InChI is InChI=1S/C29H32N2O6/c1-35-28-12-22(8-9-27(28)37-17-19-2-4-20(5-3-19)21-6-7-21)23-14-31(15-23)29(34)26-13-25(10-11-30-26)36-18-24(33)16-32/h2-5,8-13,21,23-24,32-33H,6-7,14-18H2,1H3.